The molecule has 1 rings (SSSR count). The minimum absolute atomic E-state index is 0.0119. The number of nitrogens with zero attached hydrogens (tertiary/aromatic N) is 2. The number of carbonyl (C=O) groups excluding carboxylic acids is 1. The van der Waals surface area contributed by atoms with E-state index in [1.165, 1.54) is 0 Å². The third-order valence-corrected chi connectivity index (χ3v) is 2.18. The highest BCUT2D eigenvalue weighted by Crippen LogP contribution is 2.08. The Kier molecular flexibility index (Phi) is 5.22. The Labute approximate surface area is 113 Å². The number of allylic oxidation sites excluding steroid dienone is 1. The van der Waals surface area contributed by atoms with E-state index in [1.807, 2.05) is 36.4 Å². The fourth-order valence-electron chi connectivity index (χ4n) is 1.37. The van der Waals surface area contributed by atoms with Gasteiger partial charge in [-0.25, -0.2) is 4.79 Å². The molecule has 0 saturated carbocycles. The van der Waals surface area contributed by atoms with Gasteiger partial charge in [0, 0.05) is 0 Å². The van der Waals surface area contributed by atoms with Crippen molar-refractivity contribution in [1.29, 1.82) is 0 Å². The average Bonchev–Trinajstić information content (AvgIpc) is 2.33. The molecule has 0 aromatic heterocycles. The van der Waals surface area contributed by atoms with E-state index >= 15 is 0 Å². The first-order chi connectivity index (χ1) is 8.92. The van der Waals surface area contributed by atoms with Crippen LogP contribution in [0.1, 0.15) is 32.8 Å². The summed E-state index contributed by atoms with van der Waals surface area (Å²) in [6, 6.07) is 9.67. The van der Waals surface area contributed by atoms with Crippen molar-refractivity contribution in [3.63, 3.8) is 0 Å². The van der Waals surface area contributed by atoms with Gasteiger partial charge in [0.1, 0.15) is 5.60 Å². The fourth-order valence-corrected chi connectivity index (χ4v) is 1.37. The van der Waals surface area contributed by atoms with Gasteiger partial charge in [-0.15, -0.1) is 0 Å². The summed E-state index contributed by atoms with van der Waals surface area (Å²) in [6.07, 6.45) is 3.84. The molecular weight excluding hydrogens is 240 g/mol. The zero-order valence-corrected chi connectivity index (χ0v) is 11.5. The Morgan fingerprint density at radius 3 is 2.47 bits per heavy atom. The van der Waals surface area contributed by atoms with Gasteiger partial charge in [-0.3, -0.25) is 0 Å². The molecule has 19 heavy (non-hydrogen) atoms. The van der Waals surface area contributed by atoms with E-state index in [2.05, 4.69) is 4.79 Å². The Morgan fingerprint density at radius 2 is 1.95 bits per heavy atom. The number of ether oxygens (including phenoxy) is 1. The number of rotatable bonds is 4. The molecule has 0 spiro atoms. The Balaban J connectivity index is 2.62. The second-order valence-corrected chi connectivity index (χ2v) is 5.07. The van der Waals surface area contributed by atoms with Crippen LogP contribution in [-0.2, 0) is 9.53 Å². The third-order valence-electron chi connectivity index (χ3n) is 2.18. The first-order valence-corrected chi connectivity index (χ1v) is 6.08. The Morgan fingerprint density at radius 1 is 1.32 bits per heavy atom. The highest BCUT2D eigenvalue weighted by atomic mass is 16.6. The Bertz CT molecular complexity index is 507. The number of hydrogen-bond acceptors (Lipinski definition) is 2. The van der Waals surface area contributed by atoms with Crippen molar-refractivity contribution in [3.05, 3.63) is 47.5 Å². The van der Waals surface area contributed by atoms with Crippen molar-refractivity contribution in [2.24, 2.45) is 0 Å². The normalized spacial score (nSPS) is 11.1. The van der Waals surface area contributed by atoms with Crippen molar-refractivity contribution in [2.45, 2.75) is 32.8 Å². The highest BCUT2D eigenvalue weighted by molar-refractivity contribution is 6.34. The van der Waals surface area contributed by atoms with Crippen molar-refractivity contribution >= 4 is 17.8 Å². The van der Waals surface area contributed by atoms with E-state index in [0.717, 1.165) is 5.56 Å². The van der Waals surface area contributed by atoms with E-state index in [1.54, 1.807) is 26.8 Å². The van der Waals surface area contributed by atoms with Crippen LogP contribution >= 0.6 is 0 Å². The predicted octanol–water partition coefficient (Wildman–Crippen LogP) is 3.10. The van der Waals surface area contributed by atoms with Crippen LogP contribution in [0.2, 0.25) is 0 Å². The summed E-state index contributed by atoms with van der Waals surface area (Å²) < 4.78 is 5.13. The summed E-state index contributed by atoms with van der Waals surface area (Å²) in [7, 11) is 0. The van der Waals surface area contributed by atoms with Crippen LogP contribution in [0.15, 0.2) is 36.4 Å². The zero-order valence-electron chi connectivity index (χ0n) is 11.5. The van der Waals surface area contributed by atoms with Crippen molar-refractivity contribution in [3.8, 4) is 0 Å². The van der Waals surface area contributed by atoms with Crippen LogP contribution in [-0.4, -0.2) is 22.1 Å². The molecule has 0 N–H and O–H groups in total. The van der Waals surface area contributed by atoms with E-state index in [-0.39, 0.29) is 12.1 Å². The van der Waals surface area contributed by atoms with Crippen LogP contribution < -0.4 is 0 Å². The number of benzene rings is 1. The molecule has 4 heteroatoms. The molecule has 0 fully saturated rings. The molecule has 100 valence electrons. The molecule has 0 aliphatic rings. The molecule has 0 amide bonds. The first kappa shape index (κ1) is 14.9. The molecule has 0 unspecified atom stereocenters. The lowest BCUT2D eigenvalue weighted by Gasteiger charge is -2.17. The third kappa shape index (κ3) is 5.80. The monoisotopic (exact) mass is 258 g/mol. The number of esters is 1. The minimum atomic E-state index is -0.604. The van der Waals surface area contributed by atoms with Gasteiger partial charge in [-0.05, 0) is 26.3 Å². The highest BCUT2D eigenvalue weighted by Gasteiger charge is 2.25. The van der Waals surface area contributed by atoms with Gasteiger partial charge in [0.2, 0.25) is 0 Å². The van der Waals surface area contributed by atoms with Gasteiger partial charge in [0.25, 0.3) is 0 Å². The van der Waals surface area contributed by atoms with E-state index < -0.39 is 11.6 Å². The lowest BCUT2D eigenvalue weighted by Crippen LogP contribution is -2.29. The molecule has 0 aliphatic carbocycles. The lowest BCUT2D eigenvalue weighted by molar-refractivity contribution is -0.151. The van der Waals surface area contributed by atoms with Crippen LogP contribution in [0.25, 0.3) is 11.6 Å². The van der Waals surface area contributed by atoms with Crippen molar-refractivity contribution in [2.75, 3.05) is 0 Å². The summed E-state index contributed by atoms with van der Waals surface area (Å²) in [4.78, 5) is 14.7. The first-order valence-electron chi connectivity index (χ1n) is 6.08. The predicted molar refractivity (Wildman–Crippen MR) is 74.6 cm³/mol. The van der Waals surface area contributed by atoms with Gasteiger partial charge in [0.15, 0.2) is 0 Å². The van der Waals surface area contributed by atoms with Crippen LogP contribution in [0, 0.1) is 0 Å². The summed E-state index contributed by atoms with van der Waals surface area (Å²) >= 11 is 0. The summed E-state index contributed by atoms with van der Waals surface area (Å²) in [5, 5.41) is 0. The van der Waals surface area contributed by atoms with Gasteiger partial charge in [-0.2, -0.15) is 4.79 Å². The minimum Gasteiger partial charge on any atom is -0.451 e. The van der Waals surface area contributed by atoms with Crippen molar-refractivity contribution in [1.82, 2.24) is 0 Å². The number of carbonyl (C=O) groups is 1. The van der Waals surface area contributed by atoms with Gasteiger partial charge >= 0.3 is 11.7 Å². The molecule has 0 atom stereocenters. The number of hydrogen-bond donors (Lipinski definition) is 0. The van der Waals surface area contributed by atoms with E-state index in [4.69, 9.17) is 10.3 Å². The zero-order chi connectivity index (χ0) is 14.3. The Hall–Kier alpha value is -2.19. The summed E-state index contributed by atoms with van der Waals surface area (Å²) in [6.45, 7) is 5.29. The van der Waals surface area contributed by atoms with E-state index in [9.17, 15) is 4.79 Å². The molecule has 0 aliphatic heterocycles. The molecular formula is C15H18N2O2. The lowest BCUT2D eigenvalue weighted by atomic mass is 10.1. The SMILES string of the molecule is CC(C)(C)OC(=O)C(C/C=C/c1ccccc1)=[N+]=[N-]. The van der Waals surface area contributed by atoms with Gasteiger partial charge < -0.3 is 10.3 Å². The smallest absolute Gasteiger partial charge is 0.417 e. The molecule has 0 bridgehead atoms. The second kappa shape index (κ2) is 6.66. The molecule has 0 heterocycles. The molecule has 1 aromatic carbocycles. The fraction of sp³-hybridized carbons (Fsp3) is 0.333. The summed E-state index contributed by atoms with van der Waals surface area (Å²) in [5.41, 5.74) is 9.25. The average molecular weight is 258 g/mol. The molecule has 0 radical (unpaired) electrons. The van der Waals surface area contributed by atoms with Crippen LogP contribution in [0.4, 0.5) is 0 Å². The molecule has 0 saturated heterocycles. The summed E-state index contributed by atoms with van der Waals surface area (Å²) in [5.74, 6) is -0.604. The van der Waals surface area contributed by atoms with E-state index in [0.29, 0.717) is 0 Å². The van der Waals surface area contributed by atoms with Crippen LogP contribution in [0.3, 0.4) is 0 Å². The van der Waals surface area contributed by atoms with Gasteiger partial charge in [0.05, 0.1) is 6.42 Å². The van der Waals surface area contributed by atoms with Crippen LogP contribution in [0.5, 0.6) is 0 Å². The van der Waals surface area contributed by atoms with Crippen molar-refractivity contribution < 1.29 is 14.3 Å². The molecule has 4 nitrogen and oxygen atoms in total. The van der Waals surface area contributed by atoms with Gasteiger partial charge in [-0.1, -0.05) is 42.5 Å². The maximum atomic E-state index is 11.7. The second-order valence-electron chi connectivity index (χ2n) is 5.07. The molecule has 1 aromatic rings. The quantitative estimate of drug-likeness (QED) is 0.360. The largest absolute Gasteiger partial charge is 0.451 e. The maximum absolute atomic E-state index is 11.7. The standard InChI is InChI=1S/C15H18N2O2/c1-15(2,3)19-14(18)13(17-16)11-7-10-12-8-5-4-6-9-12/h4-10H,11H2,1-3H3/b10-7+. The topological polar surface area (TPSA) is 62.7 Å². The maximum Gasteiger partial charge on any atom is 0.417 e.